The van der Waals surface area contributed by atoms with E-state index in [0.717, 1.165) is 5.57 Å². The van der Waals surface area contributed by atoms with Crippen LogP contribution in [-0.4, -0.2) is 27.9 Å². The summed E-state index contributed by atoms with van der Waals surface area (Å²) in [6.07, 6.45) is 7.78. The van der Waals surface area contributed by atoms with E-state index >= 15 is 4.39 Å². The van der Waals surface area contributed by atoms with E-state index in [1.54, 1.807) is 12.2 Å². The number of carbonyl (C=O) groups excluding carboxylic acids is 2. The molecule has 0 saturated heterocycles. The fourth-order valence-electron chi connectivity index (χ4n) is 7.19. The molecule has 4 heteroatoms. The molecule has 0 radical (unpaired) electrons. The fourth-order valence-corrected chi connectivity index (χ4v) is 7.19. The highest BCUT2D eigenvalue weighted by Crippen LogP contribution is 2.70. The zero-order valence-electron chi connectivity index (χ0n) is 16.1. The van der Waals surface area contributed by atoms with Crippen LogP contribution >= 0.6 is 0 Å². The van der Waals surface area contributed by atoms with E-state index in [0.29, 0.717) is 32.1 Å². The summed E-state index contributed by atoms with van der Waals surface area (Å²) < 4.78 is 16.7. The number of fused-ring (bicyclic) bond motifs is 5. The normalized spacial score (nSPS) is 52.8. The van der Waals surface area contributed by atoms with Crippen molar-refractivity contribution in [2.75, 3.05) is 0 Å². The second-order valence-corrected chi connectivity index (χ2v) is 9.60. The van der Waals surface area contributed by atoms with Gasteiger partial charge in [0.25, 0.3) is 0 Å². The summed E-state index contributed by atoms with van der Waals surface area (Å²) in [6.45, 7) is 7.32. The topological polar surface area (TPSA) is 54.4 Å². The Kier molecular flexibility index (Phi) is 3.59. The largest absolute Gasteiger partial charge is 0.381 e. The van der Waals surface area contributed by atoms with Crippen LogP contribution in [0.4, 0.5) is 4.39 Å². The molecule has 3 saturated carbocycles. The van der Waals surface area contributed by atoms with Crippen LogP contribution in [0.25, 0.3) is 0 Å². The summed E-state index contributed by atoms with van der Waals surface area (Å²) in [7, 11) is 0. The minimum absolute atomic E-state index is 0.0189. The maximum Gasteiger partial charge on any atom is 0.178 e. The summed E-state index contributed by atoms with van der Waals surface area (Å²) in [5, 5.41) is 11.4. The molecule has 26 heavy (non-hydrogen) atoms. The molecule has 4 aliphatic rings. The van der Waals surface area contributed by atoms with Crippen LogP contribution in [0, 0.1) is 28.6 Å². The van der Waals surface area contributed by atoms with Crippen LogP contribution in [0.15, 0.2) is 23.8 Å². The number of Topliss-reactive ketones (excluding diaryl/α,β-unsaturated/α-hetero) is 1. The van der Waals surface area contributed by atoms with Crippen molar-refractivity contribution in [3.8, 4) is 0 Å². The minimum Gasteiger partial charge on any atom is -0.381 e. The van der Waals surface area contributed by atoms with Crippen LogP contribution in [0.2, 0.25) is 0 Å². The zero-order valence-corrected chi connectivity index (χ0v) is 16.1. The predicted molar refractivity (Wildman–Crippen MR) is 97.1 cm³/mol. The van der Waals surface area contributed by atoms with Crippen LogP contribution in [0.3, 0.4) is 0 Å². The predicted octanol–water partition coefficient (Wildman–Crippen LogP) is 3.95. The van der Waals surface area contributed by atoms with E-state index in [1.807, 2.05) is 20.8 Å². The number of allylic oxidation sites excluding steroid dienone is 4. The molecule has 3 fully saturated rings. The third kappa shape index (κ3) is 1.82. The van der Waals surface area contributed by atoms with Gasteiger partial charge in [-0.3, -0.25) is 9.59 Å². The quantitative estimate of drug-likeness (QED) is 0.770. The second-order valence-electron chi connectivity index (χ2n) is 9.60. The third-order valence-electron chi connectivity index (χ3n) is 8.78. The molecule has 0 aromatic heterocycles. The molecule has 0 aliphatic heterocycles. The first-order valence-corrected chi connectivity index (χ1v) is 9.87. The van der Waals surface area contributed by atoms with Crippen molar-refractivity contribution < 1.29 is 19.1 Å². The van der Waals surface area contributed by atoms with Gasteiger partial charge in [0, 0.05) is 10.8 Å². The van der Waals surface area contributed by atoms with Crippen LogP contribution < -0.4 is 0 Å². The first-order chi connectivity index (χ1) is 12.0. The van der Waals surface area contributed by atoms with Gasteiger partial charge in [-0.15, -0.1) is 0 Å². The molecule has 142 valence electrons. The number of hydrogen-bond acceptors (Lipinski definition) is 3. The lowest BCUT2D eigenvalue weighted by atomic mass is 9.45. The van der Waals surface area contributed by atoms with Gasteiger partial charge in [-0.2, -0.15) is 0 Å². The minimum atomic E-state index is -1.43. The highest BCUT2D eigenvalue weighted by molar-refractivity contribution is 6.01. The van der Waals surface area contributed by atoms with E-state index in [4.69, 9.17) is 0 Å². The Balaban J connectivity index is 1.80. The van der Waals surface area contributed by atoms with Crippen molar-refractivity contribution >= 4 is 11.6 Å². The Bertz CT molecular complexity index is 754. The first-order valence-electron chi connectivity index (χ1n) is 9.87. The molecule has 0 aromatic carbocycles. The Morgan fingerprint density at radius 3 is 2.62 bits per heavy atom. The Hall–Kier alpha value is -1.29. The Morgan fingerprint density at radius 1 is 1.27 bits per heavy atom. The van der Waals surface area contributed by atoms with Gasteiger partial charge in [0.1, 0.15) is 11.3 Å². The number of halogens is 1. The lowest BCUT2D eigenvalue weighted by Gasteiger charge is -2.60. The van der Waals surface area contributed by atoms with Crippen molar-refractivity contribution in [1.29, 1.82) is 0 Å². The van der Waals surface area contributed by atoms with Crippen molar-refractivity contribution in [1.82, 2.24) is 0 Å². The number of carbonyl (C=O) groups is 2. The number of ketones is 2. The second kappa shape index (κ2) is 5.15. The lowest BCUT2D eigenvalue weighted by molar-refractivity contribution is -0.179. The molecular formula is C22H29FO3. The zero-order chi connectivity index (χ0) is 19.1. The molecule has 0 aromatic rings. The highest BCUT2D eigenvalue weighted by Gasteiger charge is 2.72. The standard InChI is InChI=1S/C22H29FO3/c1-13-11-18-17-6-5-15-12-16(25)7-8-19(15,3)21(17,23)10-9-20(18,4)22(13,26)14(2)24/h7-8,12-13,17-18,26H,5-6,9-11H2,1-4H3/t13?,17-,18-,19-,20-,21+,22-/m0/s1. The smallest absolute Gasteiger partial charge is 0.178 e. The van der Waals surface area contributed by atoms with Gasteiger partial charge < -0.3 is 5.11 Å². The van der Waals surface area contributed by atoms with E-state index in [2.05, 4.69) is 0 Å². The van der Waals surface area contributed by atoms with Gasteiger partial charge >= 0.3 is 0 Å². The van der Waals surface area contributed by atoms with Gasteiger partial charge in [0.2, 0.25) is 0 Å². The Morgan fingerprint density at radius 2 is 1.96 bits per heavy atom. The molecule has 1 unspecified atom stereocenters. The average Bonchev–Trinajstić information content (AvgIpc) is 2.78. The summed E-state index contributed by atoms with van der Waals surface area (Å²) in [5.74, 6) is -0.620. The summed E-state index contributed by atoms with van der Waals surface area (Å²) in [5.41, 5.74) is -3.23. The van der Waals surface area contributed by atoms with Gasteiger partial charge in [-0.25, -0.2) is 4.39 Å². The maximum absolute atomic E-state index is 16.7. The van der Waals surface area contributed by atoms with Crippen LogP contribution in [-0.2, 0) is 9.59 Å². The van der Waals surface area contributed by atoms with Crippen LogP contribution in [0.5, 0.6) is 0 Å². The van der Waals surface area contributed by atoms with E-state index in [1.165, 1.54) is 13.0 Å². The monoisotopic (exact) mass is 360 g/mol. The SMILES string of the molecule is CC(=O)[C@@]1(O)C(C)C[C@H]2[C@@H]3CCC4=CC(=O)C=C[C@]4(C)[C@@]3(F)CC[C@@]21C. The molecule has 0 heterocycles. The Labute approximate surface area is 154 Å². The molecule has 0 spiro atoms. The van der Waals surface area contributed by atoms with E-state index in [9.17, 15) is 14.7 Å². The first kappa shape index (κ1) is 18.1. The number of alkyl halides is 1. The van der Waals surface area contributed by atoms with Crippen molar-refractivity contribution in [2.24, 2.45) is 28.6 Å². The molecule has 0 amide bonds. The number of rotatable bonds is 1. The maximum atomic E-state index is 16.7. The molecule has 1 N–H and O–H groups in total. The van der Waals surface area contributed by atoms with Gasteiger partial charge in [-0.1, -0.05) is 25.5 Å². The molecule has 3 nitrogen and oxygen atoms in total. The van der Waals surface area contributed by atoms with E-state index < -0.39 is 22.1 Å². The molecule has 7 atom stereocenters. The number of aliphatic hydroxyl groups is 1. The van der Waals surface area contributed by atoms with Gasteiger partial charge in [0.05, 0.1) is 0 Å². The van der Waals surface area contributed by atoms with Gasteiger partial charge in [0.15, 0.2) is 11.6 Å². The van der Waals surface area contributed by atoms with Crippen molar-refractivity contribution in [3.05, 3.63) is 23.8 Å². The lowest BCUT2D eigenvalue weighted by Crippen LogP contribution is -2.63. The third-order valence-corrected chi connectivity index (χ3v) is 8.78. The fraction of sp³-hybridized carbons (Fsp3) is 0.727. The van der Waals surface area contributed by atoms with Gasteiger partial charge in [-0.05, 0) is 75.9 Å². The highest BCUT2D eigenvalue weighted by atomic mass is 19.1. The molecule has 4 aliphatic carbocycles. The van der Waals surface area contributed by atoms with Crippen molar-refractivity contribution in [3.63, 3.8) is 0 Å². The molecule has 0 bridgehead atoms. The molecule has 4 rings (SSSR count). The van der Waals surface area contributed by atoms with Crippen molar-refractivity contribution in [2.45, 2.75) is 71.1 Å². The summed E-state index contributed by atoms with van der Waals surface area (Å²) in [6, 6.07) is 0. The summed E-state index contributed by atoms with van der Waals surface area (Å²) in [4.78, 5) is 24.2. The van der Waals surface area contributed by atoms with E-state index in [-0.39, 0.29) is 29.3 Å². The average molecular weight is 360 g/mol. The van der Waals surface area contributed by atoms with Crippen LogP contribution in [0.1, 0.15) is 59.8 Å². The number of hydrogen-bond donors (Lipinski definition) is 1. The summed E-state index contributed by atoms with van der Waals surface area (Å²) >= 11 is 0. The molecular weight excluding hydrogens is 331 g/mol.